The smallest absolute Gasteiger partial charge is 0.119 e. The number of allylic oxidation sites excluding steroid dienone is 5. The van der Waals surface area contributed by atoms with E-state index in [4.69, 9.17) is 4.74 Å². The van der Waals surface area contributed by atoms with Gasteiger partial charge in [0.05, 0.1) is 13.7 Å². The van der Waals surface area contributed by atoms with Crippen LogP contribution in [0.25, 0.3) is 5.57 Å². The quantitative estimate of drug-likeness (QED) is 0.401. The first-order chi connectivity index (χ1) is 16.7. The number of ether oxygens (including phenoxy) is 1. The predicted molar refractivity (Wildman–Crippen MR) is 141 cm³/mol. The Kier molecular flexibility index (Phi) is 8.43. The fourth-order valence-electron chi connectivity index (χ4n) is 5.15. The van der Waals surface area contributed by atoms with E-state index in [0.717, 1.165) is 52.5 Å². The molecule has 1 fully saturated rings. The molecule has 2 aliphatic rings. The summed E-state index contributed by atoms with van der Waals surface area (Å²) in [5, 5.41) is 13.5. The molecule has 0 aromatic heterocycles. The van der Waals surface area contributed by atoms with Gasteiger partial charge in [0, 0.05) is 12.2 Å². The number of hydrogen-bond donors (Lipinski definition) is 2. The maximum atomic E-state index is 9.90. The van der Waals surface area contributed by atoms with Gasteiger partial charge in [-0.15, -0.1) is 0 Å². The third kappa shape index (κ3) is 6.09. The highest BCUT2D eigenvalue weighted by molar-refractivity contribution is 5.80. The van der Waals surface area contributed by atoms with E-state index in [1.807, 2.05) is 30.3 Å². The van der Waals surface area contributed by atoms with Gasteiger partial charge in [-0.2, -0.15) is 0 Å². The van der Waals surface area contributed by atoms with Crippen LogP contribution in [0.4, 0.5) is 0 Å². The van der Waals surface area contributed by atoms with E-state index >= 15 is 0 Å². The lowest BCUT2D eigenvalue weighted by atomic mass is 9.92. The molecule has 0 heterocycles. The highest BCUT2D eigenvalue weighted by Gasteiger charge is 2.18. The fourth-order valence-corrected chi connectivity index (χ4v) is 5.15. The zero-order valence-corrected chi connectivity index (χ0v) is 20.4. The van der Waals surface area contributed by atoms with Crippen molar-refractivity contribution in [3.8, 4) is 5.75 Å². The Morgan fingerprint density at radius 3 is 2.74 bits per heavy atom. The van der Waals surface area contributed by atoms with Gasteiger partial charge < -0.3 is 15.2 Å². The molecular formula is C31H37NO2. The molecule has 1 saturated carbocycles. The number of aliphatic hydroxyl groups is 1. The molecule has 0 unspecified atom stereocenters. The minimum absolute atomic E-state index is 0.0317. The first-order valence-corrected chi connectivity index (χ1v) is 12.5. The molecule has 2 aromatic carbocycles. The van der Waals surface area contributed by atoms with E-state index in [0.29, 0.717) is 6.54 Å². The molecule has 2 aliphatic carbocycles. The third-order valence-corrected chi connectivity index (χ3v) is 7.14. The van der Waals surface area contributed by atoms with E-state index in [1.165, 1.54) is 43.3 Å². The molecule has 4 rings (SSSR count). The van der Waals surface area contributed by atoms with Crippen molar-refractivity contribution in [2.75, 3.05) is 7.11 Å². The Morgan fingerprint density at radius 2 is 1.94 bits per heavy atom. The van der Waals surface area contributed by atoms with E-state index in [1.54, 1.807) is 7.11 Å². The molecule has 2 N–H and O–H groups in total. The number of benzene rings is 2. The second-order valence-electron chi connectivity index (χ2n) is 9.41. The Bertz CT molecular complexity index is 1090. The second-order valence-corrected chi connectivity index (χ2v) is 9.41. The summed E-state index contributed by atoms with van der Waals surface area (Å²) in [5.41, 5.74) is 7.91. The Labute approximate surface area is 204 Å². The van der Waals surface area contributed by atoms with Gasteiger partial charge in [-0.1, -0.05) is 86.4 Å². The first-order valence-electron chi connectivity index (χ1n) is 12.5. The summed E-state index contributed by atoms with van der Waals surface area (Å²) in [4.78, 5) is 0. The van der Waals surface area contributed by atoms with E-state index < -0.39 is 0 Å². The topological polar surface area (TPSA) is 41.5 Å². The van der Waals surface area contributed by atoms with Gasteiger partial charge >= 0.3 is 0 Å². The molecule has 34 heavy (non-hydrogen) atoms. The molecule has 3 nitrogen and oxygen atoms in total. The zero-order chi connectivity index (χ0) is 23.8. The molecule has 0 radical (unpaired) electrons. The highest BCUT2D eigenvalue weighted by Crippen LogP contribution is 2.35. The summed E-state index contributed by atoms with van der Waals surface area (Å²) in [5.74, 6) is 1.72. The van der Waals surface area contributed by atoms with Gasteiger partial charge in [-0.05, 0) is 71.2 Å². The van der Waals surface area contributed by atoms with Crippen molar-refractivity contribution < 1.29 is 9.84 Å². The number of hydrogen-bond acceptors (Lipinski definition) is 3. The van der Waals surface area contributed by atoms with Crippen LogP contribution in [-0.2, 0) is 13.2 Å². The minimum atomic E-state index is 0.0317. The maximum Gasteiger partial charge on any atom is 0.119 e. The predicted octanol–water partition coefficient (Wildman–Crippen LogP) is 7.10. The molecule has 178 valence electrons. The van der Waals surface area contributed by atoms with Gasteiger partial charge in [0.25, 0.3) is 0 Å². The number of rotatable bonds is 10. The van der Waals surface area contributed by atoms with Crippen LogP contribution < -0.4 is 10.1 Å². The molecule has 3 heteroatoms. The largest absolute Gasteiger partial charge is 0.497 e. The molecule has 0 spiro atoms. The molecule has 0 saturated heterocycles. The van der Waals surface area contributed by atoms with Crippen molar-refractivity contribution in [2.24, 2.45) is 5.92 Å². The summed E-state index contributed by atoms with van der Waals surface area (Å²) in [6.07, 6.45) is 15.5. The average Bonchev–Trinajstić information content (AvgIpc) is 3.31. The SMILES string of the molecule is C=C(NCc1cccc(OC)c1)C1=C(CCC2CCCC2)CC=CC(c2ccccc2CO)=C1. The Balaban J connectivity index is 1.61. The van der Waals surface area contributed by atoms with Crippen LogP contribution in [0.3, 0.4) is 0 Å². The minimum Gasteiger partial charge on any atom is -0.497 e. The van der Waals surface area contributed by atoms with Crippen LogP contribution in [0.1, 0.15) is 61.6 Å². The Morgan fingerprint density at radius 1 is 1.12 bits per heavy atom. The van der Waals surface area contributed by atoms with Crippen LogP contribution in [-0.4, -0.2) is 12.2 Å². The molecule has 0 bridgehead atoms. The van der Waals surface area contributed by atoms with Gasteiger partial charge in [-0.3, -0.25) is 0 Å². The van der Waals surface area contributed by atoms with Gasteiger partial charge in [-0.25, -0.2) is 0 Å². The molecule has 0 amide bonds. The molecular weight excluding hydrogens is 418 g/mol. The van der Waals surface area contributed by atoms with Crippen molar-refractivity contribution >= 4 is 5.57 Å². The monoisotopic (exact) mass is 455 g/mol. The fraction of sp³-hybridized carbons (Fsp3) is 0.355. The van der Waals surface area contributed by atoms with Crippen molar-refractivity contribution in [3.63, 3.8) is 0 Å². The van der Waals surface area contributed by atoms with E-state index in [-0.39, 0.29) is 6.61 Å². The lowest BCUT2D eigenvalue weighted by molar-refractivity contribution is 0.281. The highest BCUT2D eigenvalue weighted by atomic mass is 16.5. The lowest BCUT2D eigenvalue weighted by Crippen LogP contribution is -2.14. The van der Waals surface area contributed by atoms with Crippen molar-refractivity contribution in [1.29, 1.82) is 0 Å². The van der Waals surface area contributed by atoms with Gasteiger partial charge in [0.1, 0.15) is 5.75 Å². The van der Waals surface area contributed by atoms with Gasteiger partial charge in [0.15, 0.2) is 0 Å². The van der Waals surface area contributed by atoms with Crippen LogP contribution in [0, 0.1) is 5.92 Å². The maximum absolute atomic E-state index is 9.90. The lowest BCUT2D eigenvalue weighted by Gasteiger charge is -2.18. The van der Waals surface area contributed by atoms with Gasteiger partial charge in [0.2, 0.25) is 0 Å². The second kappa shape index (κ2) is 11.9. The Hall–Kier alpha value is -3.04. The zero-order valence-electron chi connectivity index (χ0n) is 20.4. The average molecular weight is 456 g/mol. The van der Waals surface area contributed by atoms with Crippen molar-refractivity contribution in [1.82, 2.24) is 5.32 Å². The summed E-state index contributed by atoms with van der Waals surface area (Å²) in [6.45, 7) is 5.18. The van der Waals surface area contributed by atoms with Crippen LogP contribution >= 0.6 is 0 Å². The van der Waals surface area contributed by atoms with Crippen LogP contribution in [0.2, 0.25) is 0 Å². The summed E-state index contributed by atoms with van der Waals surface area (Å²) in [6, 6.07) is 16.2. The van der Waals surface area contributed by atoms with Crippen LogP contribution in [0.5, 0.6) is 5.75 Å². The number of aliphatic hydroxyl groups excluding tert-OH is 1. The molecule has 0 atom stereocenters. The molecule has 2 aromatic rings. The summed E-state index contributed by atoms with van der Waals surface area (Å²) >= 11 is 0. The van der Waals surface area contributed by atoms with Crippen LogP contribution in [0.15, 0.2) is 90.2 Å². The normalized spacial score (nSPS) is 16.4. The summed E-state index contributed by atoms with van der Waals surface area (Å²) in [7, 11) is 1.70. The molecule has 0 aliphatic heterocycles. The standard InChI is InChI=1S/C31H37NO2/c1-23(32-21-25-11-7-15-29(19-25)34-2)31-20-27(30-16-6-5-12-28(30)22-33)14-8-13-26(31)18-17-24-9-3-4-10-24/h5-8,11-12,14-16,19-20,24,32-33H,1,3-4,9-10,13,17-18,21-22H2,2H3. The number of methoxy groups -OCH3 is 1. The van der Waals surface area contributed by atoms with Crippen molar-refractivity contribution in [2.45, 2.75) is 58.1 Å². The number of nitrogens with one attached hydrogen (secondary N) is 1. The summed E-state index contributed by atoms with van der Waals surface area (Å²) < 4.78 is 5.38. The van der Waals surface area contributed by atoms with E-state index in [9.17, 15) is 5.11 Å². The first kappa shape index (κ1) is 24.1. The van der Waals surface area contributed by atoms with Crippen molar-refractivity contribution in [3.05, 3.63) is 107 Å². The third-order valence-electron chi connectivity index (χ3n) is 7.14. The van der Waals surface area contributed by atoms with E-state index in [2.05, 4.69) is 48.3 Å².